The molecule has 202 valence electrons. The van der Waals surface area contributed by atoms with Crippen LogP contribution in [0.15, 0.2) is 30.7 Å². The summed E-state index contributed by atoms with van der Waals surface area (Å²) in [4.78, 5) is 24.5. The number of carbonyl (C=O) groups is 2. The van der Waals surface area contributed by atoms with Gasteiger partial charge in [0.25, 0.3) is 5.91 Å². The number of hydrogen-bond donors (Lipinski definition) is 5. The Morgan fingerprint density at radius 3 is 2.58 bits per heavy atom. The second kappa shape index (κ2) is 12.5. The zero-order chi connectivity index (χ0) is 28.0. The molecule has 2 heterocycles. The number of aromatic amines is 1. The van der Waals surface area contributed by atoms with Crippen molar-refractivity contribution < 1.29 is 18.7 Å². The summed E-state index contributed by atoms with van der Waals surface area (Å²) < 4.78 is 18.7. The van der Waals surface area contributed by atoms with Crippen molar-refractivity contribution in [3.8, 4) is 11.8 Å². The number of rotatable bonds is 6. The summed E-state index contributed by atoms with van der Waals surface area (Å²) >= 11 is 6.26. The summed E-state index contributed by atoms with van der Waals surface area (Å²) in [5.41, 5.74) is 24.0. The number of ether oxygens (including phenoxy) is 1. The second-order valence-corrected chi connectivity index (χ2v) is 9.32. The number of nitrogen functional groups attached to an aromatic ring is 2. The molecule has 1 aliphatic heterocycles. The molecule has 1 saturated heterocycles. The van der Waals surface area contributed by atoms with Crippen LogP contribution >= 0.6 is 11.6 Å². The van der Waals surface area contributed by atoms with Crippen molar-refractivity contribution in [2.75, 3.05) is 31.7 Å². The van der Waals surface area contributed by atoms with Crippen LogP contribution in [-0.2, 0) is 9.53 Å². The Hall–Kier alpha value is -4.01. The lowest BCUT2D eigenvalue weighted by atomic mass is 9.98. The van der Waals surface area contributed by atoms with Gasteiger partial charge in [-0.3, -0.25) is 14.7 Å². The molecule has 10 nitrogen and oxygen atoms in total. The summed E-state index contributed by atoms with van der Waals surface area (Å²) in [5.74, 6) is 4.02. The highest BCUT2D eigenvalue weighted by atomic mass is 35.5. The van der Waals surface area contributed by atoms with E-state index in [-0.39, 0.29) is 40.0 Å². The van der Waals surface area contributed by atoms with Crippen LogP contribution in [0, 0.1) is 17.8 Å². The molecule has 1 aromatic heterocycles. The molecule has 1 aromatic carbocycles. The highest BCUT2D eigenvalue weighted by molar-refractivity contribution is 6.32. The van der Waals surface area contributed by atoms with E-state index in [1.165, 1.54) is 18.2 Å². The van der Waals surface area contributed by atoms with Crippen LogP contribution in [0.25, 0.3) is 5.57 Å². The van der Waals surface area contributed by atoms with Crippen molar-refractivity contribution in [2.24, 2.45) is 17.4 Å². The molecule has 1 saturated carbocycles. The van der Waals surface area contributed by atoms with E-state index < -0.39 is 11.9 Å². The summed E-state index contributed by atoms with van der Waals surface area (Å²) in [6.45, 7) is 4.95. The first-order chi connectivity index (χ1) is 18.1. The number of H-pyrrole nitrogens is 1. The van der Waals surface area contributed by atoms with Gasteiger partial charge in [-0.25, -0.2) is 0 Å². The number of nitrogens with two attached hydrogens (primary N) is 4. The molecule has 2 aliphatic rings. The number of allylic oxidation sites excluding steroid dienone is 1. The Morgan fingerprint density at radius 2 is 2.00 bits per heavy atom. The first kappa shape index (κ1) is 28.6. The molecule has 2 amide bonds. The van der Waals surface area contributed by atoms with Gasteiger partial charge in [-0.05, 0) is 55.7 Å². The minimum atomic E-state index is -0.756. The molecule has 0 radical (unpaired) electrons. The second-order valence-electron chi connectivity index (χ2n) is 8.92. The number of primary amides is 1. The third-order valence-corrected chi connectivity index (χ3v) is 6.54. The van der Waals surface area contributed by atoms with Gasteiger partial charge in [0.1, 0.15) is 11.3 Å². The smallest absolute Gasteiger partial charge is 0.255 e. The van der Waals surface area contributed by atoms with Crippen LogP contribution in [0.1, 0.15) is 52.9 Å². The quantitative estimate of drug-likeness (QED) is 0.161. The van der Waals surface area contributed by atoms with E-state index in [1.807, 2.05) is 4.90 Å². The van der Waals surface area contributed by atoms with Crippen LogP contribution in [0.4, 0.5) is 15.9 Å². The maximum absolute atomic E-state index is 13.7. The number of nitrogens with zero attached hydrogens (tertiary/aromatic N) is 2. The van der Waals surface area contributed by atoms with E-state index >= 15 is 0 Å². The molecule has 0 bridgehead atoms. The van der Waals surface area contributed by atoms with Gasteiger partial charge in [0, 0.05) is 36.0 Å². The lowest BCUT2D eigenvalue weighted by molar-refractivity contribution is -0.127. The fraction of sp³-hybridized carbons (Fsp3) is 0.346. The third-order valence-electron chi connectivity index (χ3n) is 6.23. The minimum absolute atomic E-state index is 0.00219. The van der Waals surface area contributed by atoms with E-state index in [1.54, 1.807) is 7.11 Å². The van der Waals surface area contributed by atoms with Crippen LogP contribution < -0.4 is 22.9 Å². The van der Waals surface area contributed by atoms with E-state index in [2.05, 4.69) is 28.6 Å². The van der Waals surface area contributed by atoms with E-state index in [0.717, 1.165) is 32.2 Å². The highest BCUT2D eigenvalue weighted by Crippen LogP contribution is 2.45. The number of amides is 2. The Labute approximate surface area is 225 Å². The minimum Gasteiger partial charge on any atom is -0.398 e. The number of nitrogens with one attached hydrogen (secondary N) is 1. The van der Waals surface area contributed by atoms with Gasteiger partial charge in [-0.1, -0.05) is 24.1 Å². The Bertz CT molecular complexity index is 1320. The molecule has 4 rings (SSSR count). The average Bonchev–Trinajstić information content (AvgIpc) is 3.46. The molecule has 0 spiro atoms. The molecule has 1 aliphatic carbocycles. The van der Waals surface area contributed by atoms with Gasteiger partial charge in [0.15, 0.2) is 11.8 Å². The SMILES string of the molecule is C=CC(=O)N1CCCC1COC.NC(=O)c1c(N)n[nH]c1C#Cc1cc(N)c(/C(=C(\N)F)C2CC2)cc1Cl. The Kier molecular flexibility index (Phi) is 9.39. The Morgan fingerprint density at radius 1 is 1.29 bits per heavy atom. The molecule has 1 unspecified atom stereocenters. The molecule has 2 fully saturated rings. The van der Waals surface area contributed by atoms with Gasteiger partial charge >= 0.3 is 0 Å². The molecular formula is C26H31ClFN7O3. The first-order valence-corrected chi connectivity index (χ1v) is 12.3. The number of hydrogen-bond acceptors (Lipinski definition) is 7. The van der Waals surface area contributed by atoms with E-state index in [4.69, 9.17) is 39.3 Å². The molecule has 1 atom stereocenters. The van der Waals surface area contributed by atoms with Gasteiger partial charge in [-0.15, -0.1) is 0 Å². The summed E-state index contributed by atoms with van der Waals surface area (Å²) in [6, 6.07) is 3.33. The largest absolute Gasteiger partial charge is 0.398 e. The van der Waals surface area contributed by atoms with Crippen LogP contribution in [0.3, 0.4) is 0 Å². The van der Waals surface area contributed by atoms with Gasteiger partial charge < -0.3 is 32.6 Å². The van der Waals surface area contributed by atoms with Gasteiger partial charge in [-0.2, -0.15) is 9.49 Å². The number of halogens is 2. The number of carbonyl (C=O) groups excluding carboxylic acids is 2. The normalized spacial score (nSPS) is 17.0. The third kappa shape index (κ3) is 6.65. The topological polar surface area (TPSA) is 179 Å². The number of benzene rings is 1. The van der Waals surface area contributed by atoms with Crippen molar-refractivity contribution >= 4 is 40.5 Å². The van der Waals surface area contributed by atoms with Crippen molar-refractivity contribution in [2.45, 2.75) is 31.7 Å². The van der Waals surface area contributed by atoms with Gasteiger partial charge in [0.2, 0.25) is 5.91 Å². The molecule has 2 aromatic rings. The van der Waals surface area contributed by atoms with Crippen molar-refractivity contribution in [1.29, 1.82) is 0 Å². The highest BCUT2D eigenvalue weighted by Gasteiger charge is 2.31. The maximum Gasteiger partial charge on any atom is 0.255 e. The molecule has 12 heteroatoms. The van der Waals surface area contributed by atoms with Crippen LogP contribution in [-0.4, -0.2) is 53.2 Å². The predicted molar refractivity (Wildman–Crippen MR) is 145 cm³/mol. The van der Waals surface area contributed by atoms with E-state index in [9.17, 15) is 14.0 Å². The predicted octanol–water partition coefficient (Wildman–Crippen LogP) is 2.54. The van der Waals surface area contributed by atoms with Crippen molar-refractivity contribution in [3.05, 3.63) is 58.1 Å². The number of methoxy groups -OCH3 is 1. The summed E-state index contributed by atoms with van der Waals surface area (Å²) in [7, 11) is 1.66. The zero-order valence-electron chi connectivity index (χ0n) is 21.0. The standard InChI is InChI=1S/C17H16ClFN6O.C9H15NO2/c18-10-6-9(13(15(19)21)7-1-2-7)11(20)5-8(10)3-4-12-14(17(23)26)16(22)25-24-12;1-3-9(11)10-6-4-5-8(10)7-12-2/h5-7H,1-2,20-21H2,(H2,23,26)(H3,22,24,25);3,8H,1,4-7H2,2H3/b15-13-;. The zero-order valence-corrected chi connectivity index (χ0v) is 21.8. The fourth-order valence-corrected chi connectivity index (χ4v) is 4.48. The average molecular weight is 544 g/mol. The summed E-state index contributed by atoms with van der Waals surface area (Å²) in [6.07, 6.45) is 5.21. The molecule has 38 heavy (non-hydrogen) atoms. The van der Waals surface area contributed by atoms with Crippen molar-refractivity contribution in [1.82, 2.24) is 15.1 Å². The number of anilines is 2. The number of aromatic nitrogens is 2. The van der Waals surface area contributed by atoms with Crippen LogP contribution in [0.2, 0.25) is 5.02 Å². The monoisotopic (exact) mass is 543 g/mol. The lowest BCUT2D eigenvalue weighted by Gasteiger charge is -2.22. The van der Waals surface area contributed by atoms with Crippen molar-refractivity contribution in [3.63, 3.8) is 0 Å². The summed E-state index contributed by atoms with van der Waals surface area (Å²) in [5, 5.41) is 6.51. The number of likely N-dealkylation sites (tertiary alicyclic amines) is 1. The maximum atomic E-state index is 13.7. The van der Waals surface area contributed by atoms with Gasteiger partial charge in [0.05, 0.1) is 17.7 Å². The molecular weight excluding hydrogens is 513 g/mol. The first-order valence-electron chi connectivity index (χ1n) is 11.9. The lowest BCUT2D eigenvalue weighted by Crippen LogP contribution is -2.36. The molecule has 9 N–H and O–H groups in total. The Balaban J connectivity index is 0.000000279. The van der Waals surface area contributed by atoms with E-state index in [0.29, 0.717) is 29.0 Å². The fourth-order valence-electron chi connectivity index (χ4n) is 4.27. The van der Waals surface area contributed by atoms with Crippen LogP contribution in [0.5, 0.6) is 0 Å².